The van der Waals surface area contributed by atoms with Crippen molar-refractivity contribution in [3.63, 3.8) is 0 Å². The van der Waals surface area contributed by atoms with Gasteiger partial charge in [-0.05, 0) is 38.3 Å². The summed E-state index contributed by atoms with van der Waals surface area (Å²) in [6, 6.07) is 6.05. The molecule has 0 radical (unpaired) electrons. The zero-order valence-corrected chi connectivity index (χ0v) is 17.7. The molecular weight excluding hydrogens is 392 g/mol. The van der Waals surface area contributed by atoms with Crippen molar-refractivity contribution in [3.8, 4) is 0 Å². The van der Waals surface area contributed by atoms with Gasteiger partial charge in [-0.2, -0.15) is 0 Å². The van der Waals surface area contributed by atoms with E-state index in [1.807, 2.05) is 31.4 Å². The highest BCUT2D eigenvalue weighted by Crippen LogP contribution is 2.39. The van der Waals surface area contributed by atoms with E-state index < -0.39 is 0 Å². The summed E-state index contributed by atoms with van der Waals surface area (Å²) in [6.45, 7) is 5.61. The third kappa shape index (κ3) is 3.77. The Balaban J connectivity index is 1.51. The quantitative estimate of drug-likeness (QED) is 0.486. The van der Waals surface area contributed by atoms with Crippen molar-refractivity contribution in [1.29, 1.82) is 0 Å². The van der Waals surface area contributed by atoms with Crippen molar-refractivity contribution >= 4 is 39.8 Å². The van der Waals surface area contributed by atoms with Crippen molar-refractivity contribution in [3.05, 3.63) is 46.2 Å². The number of hydrogen-bond donors (Lipinski definition) is 1. The zero-order valence-electron chi connectivity index (χ0n) is 16.0. The third-order valence-corrected chi connectivity index (χ3v) is 6.47. The van der Waals surface area contributed by atoms with E-state index in [1.54, 1.807) is 16.5 Å². The minimum absolute atomic E-state index is 0.0590. The van der Waals surface area contributed by atoms with Crippen LogP contribution in [0.25, 0.3) is 0 Å². The average molecular weight is 415 g/mol. The first-order chi connectivity index (χ1) is 13.4. The number of hydrogen-bond acceptors (Lipinski definition) is 7. The smallest absolute Gasteiger partial charge is 0.230 e. The molecular formula is C19H22N6OS2. The monoisotopic (exact) mass is 414 g/mol. The van der Waals surface area contributed by atoms with E-state index in [4.69, 9.17) is 5.84 Å². The molecule has 1 fully saturated rings. The molecule has 0 bridgehead atoms. The number of amides is 1. The minimum atomic E-state index is -0.0590. The summed E-state index contributed by atoms with van der Waals surface area (Å²) >= 11 is 2.97. The van der Waals surface area contributed by atoms with Crippen LogP contribution >= 0.6 is 23.1 Å². The van der Waals surface area contributed by atoms with Gasteiger partial charge in [-0.15, -0.1) is 21.5 Å². The number of carbonyl (C=O) groups is 1. The lowest BCUT2D eigenvalue weighted by molar-refractivity contribution is -0.115. The topological polar surface area (TPSA) is 89.9 Å². The lowest BCUT2D eigenvalue weighted by Gasteiger charge is -2.20. The fourth-order valence-corrected chi connectivity index (χ4v) is 4.82. The van der Waals surface area contributed by atoms with Crippen LogP contribution in [-0.2, 0) is 10.5 Å². The molecule has 2 heterocycles. The first kappa shape index (κ1) is 18.9. The molecule has 1 amide bonds. The number of thiazole rings is 1. The fourth-order valence-electron chi connectivity index (χ4n) is 3.07. The van der Waals surface area contributed by atoms with Gasteiger partial charge in [0.2, 0.25) is 11.1 Å². The second-order valence-electron chi connectivity index (χ2n) is 7.04. The Morgan fingerprint density at radius 1 is 1.36 bits per heavy atom. The van der Waals surface area contributed by atoms with Crippen molar-refractivity contribution in [2.45, 2.75) is 50.4 Å². The molecule has 0 unspecified atom stereocenters. The third-order valence-electron chi connectivity index (χ3n) is 4.62. The van der Waals surface area contributed by atoms with E-state index >= 15 is 0 Å². The van der Waals surface area contributed by atoms with Gasteiger partial charge >= 0.3 is 0 Å². The molecule has 146 valence electrons. The number of aryl methyl sites for hydroxylation is 2. The number of thioether (sulfide) groups is 1. The van der Waals surface area contributed by atoms with Crippen LogP contribution in [0.1, 0.15) is 48.3 Å². The Morgan fingerprint density at radius 3 is 2.82 bits per heavy atom. The summed E-state index contributed by atoms with van der Waals surface area (Å²) in [7, 11) is 0. The number of nitrogen functional groups attached to an aromatic ring is 1. The van der Waals surface area contributed by atoms with E-state index in [2.05, 4.69) is 21.2 Å². The highest BCUT2D eigenvalue weighted by atomic mass is 32.2. The number of carbonyl (C=O) groups excluding carboxylic acids is 1. The molecule has 0 saturated heterocycles. The maximum absolute atomic E-state index is 12.3. The second kappa shape index (κ2) is 7.56. The normalized spacial score (nSPS) is 13.7. The maximum Gasteiger partial charge on any atom is 0.230 e. The molecule has 2 aromatic heterocycles. The fraction of sp³-hybridized carbons (Fsp3) is 0.368. The second-order valence-corrected chi connectivity index (χ2v) is 8.82. The Labute approximate surface area is 172 Å². The van der Waals surface area contributed by atoms with E-state index in [1.165, 1.54) is 23.1 Å². The highest BCUT2D eigenvalue weighted by Gasteiger charge is 2.30. The number of aromatic nitrogens is 4. The van der Waals surface area contributed by atoms with Crippen LogP contribution < -0.4 is 10.7 Å². The molecule has 1 saturated carbocycles. The molecule has 7 nitrogen and oxygen atoms in total. The van der Waals surface area contributed by atoms with Gasteiger partial charge in [0.25, 0.3) is 0 Å². The SMILES string of the molecule is CC(=O)N(c1nc(CSc2nnc(C3CC3)n2N)cs1)c1ccc(C)cc1C. The number of nitrogens with zero attached hydrogens (tertiary/aromatic N) is 5. The van der Waals surface area contributed by atoms with Crippen LogP contribution in [0.2, 0.25) is 0 Å². The van der Waals surface area contributed by atoms with E-state index in [9.17, 15) is 4.79 Å². The summed E-state index contributed by atoms with van der Waals surface area (Å²) in [5.74, 6) is 7.99. The van der Waals surface area contributed by atoms with E-state index in [0.29, 0.717) is 22.0 Å². The number of nitrogens with two attached hydrogens (primary N) is 1. The van der Waals surface area contributed by atoms with Crippen molar-refractivity contribution in [2.24, 2.45) is 0 Å². The number of benzene rings is 1. The van der Waals surface area contributed by atoms with Crippen molar-refractivity contribution in [1.82, 2.24) is 19.9 Å². The summed E-state index contributed by atoms with van der Waals surface area (Å²) in [4.78, 5) is 18.7. The highest BCUT2D eigenvalue weighted by molar-refractivity contribution is 7.98. The molecule has 28 heavy (non-hydrogen) atoms. The average Bonchev–Trinajstić information content (AvgIpc) is 3.27. The molecule has 4 rings (SSSR count). The summed E-state index contributed by atoms with van der Waals surface area (Å²) < 4.78 is 1.59. The Morgan fingerprint density at radius 2 is 2.14 bits per heavy atom. The first-order valence-electron chi connectivity index (χ1n) is 9.09. The van der Waals surface area contributed by atoms with Crippen molar-refractivity contribution < 1.29 is 4.79 Å². The molecule has 3 aromatic rings. The molecule has 1 aromatic carbocycles. The first-order valence-corrected chi connectivity index (χ1v) is 11.0. The lowest BCUT2D eigenvalue weighted by Crippen LogP contribution is -2.23. The predicted octanol–water partition coefficient (Wildman–Crippen LogP) is 3.92. The van der Waals surface area contributed by atoms with Gasteiger partial charge < -0.3 is 5.84 Å². The molecule has 0 atom stereocenters. The number of anilines is 2. The van der Waals surface area contributed by atoms with Gasteiger partial charge in [0, 0.05) is 24.0 Å². The lowest BCUT2D eigenvalue weighted by atomic mass is 10.1. The van der Waals surface area contributed by atoms with Gasteiger partial charge in [0.1, 0.15) is 0 Å². The maximum atomic E-state index is 12.3. The van der Waals surface area contributed by atoms with Crippen LogP contribution in [0.4, 0.5) is 10.8 Å². The molecule has 0 aliphatic heterocycles. The largest absolute Gasteiger partial charge is 0.336 e. The molecule has 2 N–H and O–H groups in total. The number of rotatable bonds is 6. The van der Waals surface area contributed by atoms with Gasteiger partial charge in [0.05, 0.1) is 11.4 Å². The van der Waals surface area contributed by atoms with Crippen LogP contribution in [0.15, 0.2) is 28.7 Å². The molecule has 1 aliphatic carbocycles. The summed E-state index contributed by atoms with van der Waals surface area (Å²) in [6.07, 6.45) is 2.27. The standard InChI is InChI=1S/C19H22N6OS2/c1-11-4-7-16(12(2)8-11)24(13(3)26)18-21-15(9-27-18)10-28-19-23-22-17(25(19)20)14-5-6-14/h4,7-9,14H,5-6,10,20H2,1-3H3. The van der Waals surface area contributed by atoms with Gasteiger partial charge in [0.15, 0.2) is 11.0 Å². The Hall–Kier alpha value is -2.39. The van der Waals surface area contributed by atoms with Gasteiger partial charge in [-0.1, -0.05) is 29.5 Å². The van der Waals surface area contributed by atoms with Crippen molar-refractivity contribution in [2.75, 3.05) is 10.7 Å². The molecule has 1 aliphatic rings. The van der Waals surface area contributed by atoms with Crippen LogP contribution in [0.5, 0.6) is 0 Å². The van der Waals surface area contributed by atoms with E-state index in [-0.39, 0.29) is 5.91 Å². The molecule has 0 spiro atoms. The Kier molecular flexibility index (Phi) is 5.11. The summed E-state index contributed by atoms with van der Waals surface area (Å²) in [5, 5.41) is 11.7. The zero-order chi connectivity index (χ0) is 19.8. The summed E-state index contributed by atoms with van der Waals surface area (Å²) in [5.41, 5.74) is 3.96. The van der Waals surface area contributed by atoms with Crippen LogP contribution in [0, 0.1) is 13.8 Å². The van der Waals surface area contributed by atoms with Crippen LogP contribution in [-0.4, -0.2) is 25.8 Å². The van der Waals surface area contributed by atoms with Gasteiger partial charge in [-0.25, -0.2) is 9.66 Å². The van der Waals surface area contributed by atoms with E-state index in [0.717, 1.165) is 41.2 Å². The van der Waals surface area contributed by atoms with Gasteiger partial charge in [-0.3, -0.25) is 9.69 Å². The molecule has 9 heteroatoms. The predicted molar refractivity (Wildman–Crippen MR) is 113 cm³/mol. The minimum Gasteiger partial charge on any atom is -0.336 e. The Bertz CT molecular complexity index is 1020. The van der Waals surface area contributed by atoms with Crippen LogP contribution in [0.3, 0.4) is 0 Å².